The molecule has 0 saturated carbocycles. The van der Waals surface area contributed by atoms with E-state index in [0.29, 0.717) is 11.4 Å². The van der Waals surface area contributed by atoms with Crippen LogP contribution in [0.2, 0.25) is 0 Å². The van der Waals surface area contributed by atoms with Crippen molar-refractivity contribution in [1.29, 1.82) is 0 Å². The van der Waals surface area contributed by atoms with Gasteiger partial charge in [-0.05, 0) is 32.0 Å². The molecule has 0 amide bonds. The Kier molecular flexibility index (Phi) is 3.34. The van der Waals surface area contributed by atoms with Crippen LogP contribution < -0.4 is 5.32 Å². The van der Waals surface area contributed by atoms with Crippen molar-refractivity contribution in [3.05, 3.63) is 21.7 Å². The summed E-state index contributed by atoms with van der Waals surface area (Å²) in [4.78, 5) is 17.9. The quantitative estimate of drug-likeness (QED) is 0.481. The maximum absolute atomic E-state index is 11.0. The van der Waals surface area contributed by atoms with E-state index in [1.165, 1.54) is 0 Å². The van der Waals surface area contributed by atoms with Crippen LogP contribution in [0.1, 0.15) is 5.56 Å². The lowest BCUT2D eigenvalue weighted by atomic mass is 10.1. The SMILES string of the molecule is C=Nc1c(C)cc(NC)c([N+](=O)[O-])c1N=C. The summed E-state index contributed by atoms with van der Waals surface area (Å²) in [7, 11) is 1.61. The van der Waals surface area contributed by atoms with Gasteiger partial charge in [-0.25, -0.2) is 0 Å². The normalized spacial score (nSPS) is 9.62. The second-order valence-electron chi connectivity index (χ2n) is 3.11. The zero-order valence-corrected chi connectivity index (χ0v) is 9.15. The van der Waals surface area contributed by atoms with Gasteiger partial charge in [-0.3, -0.25) is 20.1 Å². The monoisotopic (exact) mass is 220 g/mol. The van der Waals surface area contributed by atoms with Crippen molar-refractivity contribution in [2.24, 2.45) is 9.98 Å². The van der Waals surface area contributed by atoms with E-state index in [-0.39, 0.29) is 11.4 Å². The fourth-order valence-corrected chi connectivity index (χ4v) is 1.50. The predicted molar refractivity (Wildman–Crippen MR) is 65.8 cm³/mol. The molecule has 16 heavy (non-hydrogen) atoms. The Labute approximate surface area is 92.9 Å². The van der Waals surface area contributed by atoms with E-state index >= 15 is 0 Å². The third kappa shape index (κ3) is 1.77. The largest absolute Gasteiger partial charge is 0.382 e. The molecule has 1 rings (SSSR count). The molecule has 0 fully saturated rings. The molecule has 0 heterocycles. The zero-order valence-electron chi connectivity index (χ0n) is 9.15. The highest BCUT2D eigenvalue weighted by Crippen LogP contribution is 2.44. The van der Waals surface area contributed by atoms with E-state index in [0.717, 1.165) is 5.56 Å². The summed E-state index contributed by atoms with van der Waals surface area (Å²) >= 11 is 0. The molecule has 1 aromatic carbocycles. The van der Waals surface area contributed by atoms with E-state index in [2.05, 4.69) is 28.7 Å². The number of nitro benzene ring substituents is 1. The zero-order chi connectivity index (χ0) is 12.3. The molecular formula is C10H12N4O2. The van der Waals surface area contributed by atoms with Gasteiger partial charge in [-0.2, -0.15) is 0 Å². The summed E-state index contributed by atoms with van der Waals surface area (Å²) in [6.07, 6.45) is 0. The molecule has 0 aliphatic heterocycles. The highest BCUT2D eigenvalue weighted by atomic mass is 16.6. The number of nitro groups is 1. The number of aliphatic imine (C=N–C) groups is 2. The van der Waals surface area contributed by atoms with Crippen LogP contribution in [0, 0.1) is 17.0 Å². The number of hydrogen-bond acceptors (Lipinski definition) is 5. The molecule has 84 valence electrons. The lowest BCUT2D eigenvalue weighted by molar-refractivity contribution is -0.383. The van der Waals surface area contributed by atoms with E-state index < -0.39 is 4.92 Å². The minimum absolute atomic E-state index is 0.134. The van der Waals surface area contributed by atoms with E-state index in [1.807, 2.05) is 0 Å². The van der Waals surface area contributed by atoms with Gasteiger partial charge in [-0.15, -0.1) is 0 Å². The lowest BCUT2D eigenvalue weighted by Gasteiger charge is -2.09. The second-order valence-corrected chi connectivity index (χ2v) is 3.11. The number of anilines is 1. The third-order valence-electron chi connectivity index (χ3n) is 2.21. The number of nitrogens with one attached hydrogen (secondary N) is 1. The van der Waals surface area contributed by atoms with Crippen LogP contribution in [-0.4, -0.2) is 25.4 Å². The summed E-state index contributed by atoms with van der Waals surface area (Å²) < 4.78 is 0. The van der Waals surface area contributed by atoms with Crippen molar-refractivity contribution in [3.63, 3.8) is 0 Å². The summed E-state index contributed by atoms with van der Waals surface area (Å²) in [5, 5.41) is 13.7. The first-order chi connectivity index (χ1) is 7.56. The summed E-state index contributed by atoms with van der Waals surface area (Å²) in [5.41, 5.74) is 1.54. The first-order valence-corrected chi connectivity index (χ1v) is 4.50. The fourth-order valence-electron chi connectivity index (χ4n) is 1.50. The molecule has 0 unspecified atom stereocenters. The Balaban J connectivity index is 3.72. The molecule has 1 aromatic rings. The van der Waals surface area contributed by atoms with Gasteiger partial charge in [0, 0.05) is 7.05 Å². The van der Waals surface area contributed by atoms with Crippen molar-refractivity contribution in [3.8, 4) is 0 Å². The molecule has 6 heteroatoms. The van der Waals surface area contributed by atoms with Gasteiger partial charge < -0.3 is 5.32 Å². The number of benzene rings is 1. The van der Waals surface area contributed by atoms with Crippen molar-refractivity contribution in [2.75, 3.05) is 12.4 Å². The number of hydrogen-bond donors (Lipinski definition) is 1. The van der Waals surface area contributed by atoms with Gasteiger partial charge in [0.25, 0.3) is 0 Å². The number of nitrogens with zero attached hydrogens (tertiary/aromatic N) is 3. The third-order valence-corrected chi connectivity index (χ3v) is 2.21. The standard InChI is InChI=1S/C10H12N4O2/c1-6-5-7(11-2)10(14(15)16)9(13-4)8(6)12-3/h5,11H,3-4H2,1-2H3. The highest BCUT2D eigenvalue weighted by molar-refractivity contribution is 5.87. The molecular weight excluding hydrogens is 208 g/mol. The molecule has 0 atom stereocenters. The average Bonchev–Trinajstić information content (AvgIpc) is 2.26. The first kappa shape index (κ1) is 11.8. The molecule has 6 nitrogen and oxygen atoms in total. The average molecular weight is 220 g/mol. The van der Waals surface area contributed by atoms with Gasteiger partial charge in [0.05, 0.1) is 10.6 Å². The van der Waals surface area contributed by atoms with Crippen LogP contribution in [0.3, 0.4) is 0 Å². The highest BCUT2D eigenvalue weighted by Gasteiger charge is 2.23. The minimum Gasteiger partial charge on any atom is -0.382 e. The molecule has 0 spiro atoms. The van der Waals surface area contributed by atoms with Gasteiger partial charge >= 0.3 is 5.69 Å². The molecule has 0 aliphatic carbocycles. The van der Waals surface area contributed by atoms with Crippen LogP contribution in [-0.2, 0) is 0 Å². The summed E-state index contributed by atoms with van der Waals surface area (Å²) in [6, 6.07) is 1.64. The maximum atomic E-state index is 11.0. The molecule has 0 aromatic heterocycles. The molecule has 0 saturated heterocycles. The Morgan fingerprint density at radius 1 is 1.38 bits per heavy atom. The predicted octanol–water partition coefficient (Wildman–Crippen LogP) is 2.61. The van der Waals surface area contributed by atoms with Crippen LogP contribution in [0.25, 0.3) is 0 Å². The molecule has 0 aliphatic rings. The fraction of sp³-hybridized carbons (Fsp3) is 0.200. The van der Waals surface area contributed by atoms with Crippen molar-refractivity contribution >= 4 is 36.2 Å². The van der Waals surface area contributed by atoms with Crippen LogP contribution in [0.5, 0.6) is 0 Å². The Bertz CT molecular complexity index is 468. The van der Waals surface area contributed by atoms with E-state index in [1.54, 1.807) is 20.0 Å². The van der Waals surface area contributed by atoms with Crippen molar-refractivity contribution in [1.82, 2.24) is 0 Å². The smallest absolute Gasteiger partial charge is 0.319 e. The Morgan fingerprint density at radius 2 is 1.94 bits per heavy atom. The topological polar surface area (TPSA) is 79.9 Å². The van der Waals surface area contributed by atoms with E-state index in [4.69, 9.17) is 0 Å². The molecule has 1 N–H and O–H groups in total. The summed E-state index contributed by atoms with van der Waals surface area (Å²) in [5.74, 6) is 0. The Hall–Kier alpha value is -2.24. The lowest BCUT2D eigenvalue weighted by Crippen LogP contribution is -1.98. The van der Waals surface area contributed by atoms with Crippen molar-refractivity contribution in [2.45, 2.75) is 6.92 Å². The van der Waals surface area contributed by atoms with Gasteiger partial charge in [0.15, 0.2) is 5.69 Å². The number of aryl methyl sites for hydroxylation is 1. The second kappa shape index (κ2) is 4.52. The van der Waals surface area contributed by atoms with Crippen LogP contribution >= 0.6 is 0 Å². The van der Waals surface area contributed by atoms with Crippen LogP contribution in [0.4, 0.5) is 22.7 Å². The molecule has 0 radical (unpaired) electrons. The first-order valence-electron chi connectivity index (χ1n) is 4.50. The van der Waals surface area contributed by atoms with Crippen LogP contribution in [0.15, 0.2) is 16.1 Å². The van der Waals surface area contributed by atoms with Gasteiger partial charge in [0.1, 0.15) is 5.69 Å². The van der Waals surface area contributed by atoms with Gasteiger partial charge in [0.2, 0.25) is 0 Å². The Morgan fingerprint density at radius 3 is 2.31 bits per heavy atom. The minimum atomic E-state index is -0.510. The van der Waals surface area contributed by atoms with Gasteiger partial charge in [-0.1, -0.05) is 0 Å². The van der Waals surface area contributed by atoms with E-state index in [9.17, 15) is 10.1 Å². The number of rotatable bonds is 4. The van der Waals surface area contributed by atoms with Crippen molar-refractivity contribution < 1.29 is 4.92 Å². The maximum Gasteiger partial charge on any atom is 0.319 e. The molecule has 0 bridgehead atoms. The summed E-state index contributed by atoms with van der Waals surface area (Å²) in [6.45, 7) is 8.49.